The summed E-state index contributed by atoms with van der Waals surface area (Å²) in [5, 5.41) is 3.81. The van der Waals surface area contributed by atoms with Crippen LogP contribution in [0.25, 0.3) is 0 Å². The van der Waals surface area contributed by atoms with Gasteiger partial charge in [0, 0.05) is 25.8 Å². The molecule has 5 nitrogen and oxygen atoms in total. The molecule has 0 saturated carbocycles. The van der Waals surface area contributed by atoms with Gasteiger partial charge in [0.05, 0.1) is 11.6 Å². The molecular formula is C12H14N4O. The molecule has 0 bridgehead atoms. The summed E-state index contributed by atoms with van der Waals surface area (Å²) in [6.45, 7) is 4.68. The van der Waals surface area contributed by atoms with Crippen LogP contribution in [0.1, 0.15) is 23.3 Å². The molecule has 0 aliphatic carbocycles. The highest BCUT2D eigenvalue weighted by atomic mass is 16.5. The average molecular weight is 230 g/mol. The first-order valence-electron chi connectivity index (χ1n) is 5.74. The van der Waals surface area contributed by atoms with Crippen LogP contribution in [0.15, 0.2) is 28.9 Å². The summed E-state index contributed by atoms with van der Waals surface area (Å²) >= 11 is 0. The zero-order chi connectivity index (χ0) is 11.7. The normalized spacial score (nSPS) is 17.0. The Morgan fingerprint density at radius 2 is 2.29 bits per heavy atom. The van der Waals surface area contributed by atoms with Gasteiger partial charge in [-0.1, -0.05) is 11.2 Å². The lowest BCUT2D eigenvalue weighted by Gasteiger charge is -2.36. The number of nitrogens with zero attached hydrogens (tertiary/aromatic N) is 4. The molecule has 1 aliphatic heterocycles. The second-order valence-corrected chi connectivity index (χ2v) is 4.39. The molecule has 3 rings (SSSR count). The number of likely N-dealkylation sites (tertiary alicyclic amines) is 1. The lowest BCUT2D eigenvalue weighted by molar-refractivity contribution is 0.116. The number of aryl methyl sites for hydroxylation is 1. The third kappa shape index (κ3) is 2.19. The Bertz CT molecular complexity index is 490. The van der Waals surface area contributed by atoms with Crippen molar-refractivity contribution in [2.24, 2.45) is 0 Å². The van der Waals surface area contributed by atoms with Crippen LogP contribution in [-0.2, 0) is 6.54 Å². The molecule has 17 heavy (non-hydrogen) atoms. The van der Waals surface area contributed by atoms with Crippen LogP contribution in [-0.4, -0.2) is 33.1 Å². The first-order chi connectivity index (χ1) is 8.31. The fourth-order valence-electron chi connectivity index (χ4n) is 2.05. The SMILES string of the molecule is Cc1noc(C2CN(Cc3ccccn3)C2)n1. The third-order valence-corrected chi connectivity index (χ3v) is 2.96. The molecule has 88 valence electrons. The summed E-state index contributed by atoms with van der Waals surface area (Å²) < 4.78 is 5.16. The zero-order valence-electron chi connectivity index (χ0n) is 9.71. The van der Waals surface area contributed by atoms with E-state index in [1.165, 1.54) is 0 Å². The summed E-state index contributed by atoms with van der Waals surface area (Å²) in [7, 11) is 0. The van der Waals surface area contributed by atoms with Gasteiger partial charge >= 0.3 is 0 Å². The molecular weight excluding hydrogens is 216 g/mol. The maximum absolute atomic E-state index is 5.16. The molecule has 0 spiro atoms. The maximum atomic E-state index is 5.16. The zero-order valence-corrected chi connectivity index (χ0v) is 9.71. The van der Waals surface area contributed by atoms with E-state index >= 15 is 0 Å². The Morgan fingerprint density at radius 3 is 2.94 bits per heavy atom. The Labute approximate surface area is 99.5 Å². The third-order valence-electron chi connectivity index (χ3n) is 2.96. The lowest BCUT2D eigenvalue weighted by Crippen LogP contribution is -2.44. The molecule has 0 unspecified atom stereocenters. The number of pyridine rings is 1. The van der Waals surface area contributed by atoms with Gasteiger partial charge in [0.2, 0.25) is 5.89 Å². The molecule has 0 aromatic carbocycles. The molecule has 2 aromatic heterocycles. The van der Waals surface area contributed by atoms with E-state index in [0.717, 1.165) is 31.2 Å². The van der Waals surface area contributed by atoms with E-state index in [2.05, 4.69) is 20.0 Å². The molecule has 0 amide bonds. The van der Waals surface area contributed by atoms with Crippen molar-refractivity contribution in [3.63, 3.8) is 0 Å². The van der Waals surface area contributed by atoms with Crippen LogP contribution >= 0.6 is 0 Å². The summed E-state index contributed by atoms with van der Waals surface area (Å²) in [6.07, 6.45) is 1.83. The molecule has 1 saturated heterocycles. The van der Waals surface area contributed by atoms with Crippen molar-refractivity contribution in [1.29, 1.82) is 0 Å². The van der Waals surface area contributed by atoms with Gasteiger partial charge in [0.1, 0.15) is 0 Å². The number of aromatic nitrogens is 3. The monoisotopic (exact) mass is 230 g/mol. The molecule has 0 atom stereocenters. The van der Waals surface area contributed by atoms with Gasteiger partial charge in [0.25, 0.3) is 0 Å². The molecule has 5 heteroatoms. The van der Waals surface area contributed by atoms with Crippen molar-refractivity contribution in [3.8, 4) is 0 Å². The van der Waals surface area contributed by atoms with Crippen LogP contribution in [0.3, 0.4) is 0 Å². The fraction of sp³-hybridized carbons (Fsp3) is 0.417. The smallest absolute Gasteiger partial charge is 0.232 e. The van der Waals surface area contributed by atoms with E-state index in [0.29, 0.717) is 11.7 Å². The predicted octanol–water partition coefficient (Wildman–Crippen LogP) is 1.37. The van der Waals surface area contributed by atoms with Crippen LogP contribution in [0.5, 0.6) is 0 Å². The Morgan fingerprint density at radius 1 is 1.41 bits per heavy atom. The minimum Gasteiger partial charge on any atom is -0.339 e. The van der Waals surface area contributed by atoms with Crippen molar-refractivity contribution in [1.82, 2.24) is 20.0 Å². The Balaban J connectivity index is 1.55. The standard InChI is InChI=1S/C12H14N4O/c1-9-14-12(17-15-9)10-6-16(7-10)8-11-4-2-3-5-13-11/h2-5,10H,6-8H2,1H3. The quantitative estimate of drug-likeness (QED) is 0.797. The van der Waals surface area contributed by atoms with Crippen LogP contribution in [0.2, 0.25) is 0 Å². The Hall–Kier alpha value is -1.75. The van der Waals surface area contributed by atoms with Crippen LogP contribution < -0.4 is 0 Å². The van der Waals surface area contributed by atoms with Crippen LogP contribution in [0.4, 0.5) is 0 Å². The van der Waals surface area contributed by atoms with E-state index in [1.807, 2.05) is 31.3 Å². The minimum atomic E-state index is 0.389. The summed E-state index contributed by atoms with van der Waals surface area (Å²) in [4.78, 5) is 10.9. The van der Waals surface area contributed by atoms with Gasteiger partial charge < -0.3 is 4.52 Å². The first-order valence-corrected chi connectivity index (χ1v) is 5.74. The molecule has 3 heterocycles. The number of hydrogen-bond acceptors (Lipinski definition) is 5. The van der Waals surface area contributed by atoms with Crippen molar-refractivity contribution < 1.29 is 4.52 Å². The summed E-state index contributed by atoms with van der Waals surface area (Å²) in [5.74, 6) is 1.86. The van der Waals surface area contributed by atoms with Crippen molar-refractivity contribution in [2.75, 3.05) is 13.1 Å². The molecule has 0 N–H and O–H groups in total. The van der Waals surface area contributed by atoms with E-state index in [1.54, 1.807) is 0 Å². The second kappa shape index (κ2) is 4.25. The maximum Gasteiger partial charge on any atom is 0.232 e. The second-order valence-electron chi connectivity index (χ2n) is 4.39. The van der Waals surface area contributed by atoms with Crippen LogP contribution in [0, 0.1) is 6.92 Å². The van der Waals surface area contributed by atoms with E-state index in [9.17, 15) is 0 Å². The number of rotatable bonds is 3. The van der Waals surface area contributed by atoms with Gasteiger partial charge in [-0.15, -0.1) is 0 Å². The highest BCUT2D eigenvalue weighted by Gasteiger charge is 2.32. The van der Waals surface area contributed by atoms with Crippen molar-refractivity contribution in [3.05, 3.63) is 41.8 Å². The molecule has 0 radical (unpaired) electrons. The topological polar surface area (TPSA) is 55.1 Å². The number of hydrogen-bond donors (Lipinski definition) is 0. The lowest BCUT2D eigenvalue weighted by atomic mass is 10.00. The van der Waals surface area contributed by atoms with Crippen molar-refractivity contribution >= 4 is 0 Å². The van der Waals surface area contributed by atoms with Gasteiger partial charge in [-0.3, -0.25) is 9.88 Å². The van der Waals surface area contributed by atoms with E-state index < -0.39 is 0 Å². The highest BCUT2D eigenvalue weighted by Crippen LogP contribution is 2.26. The van der Waals surface area contributed by atoms with Crippen molar-refractivity contribution in [2.45, 2.75) is 19.4 Å². The molecule has 1 fully saturated rings. The highest BCUT2D eigenvalue weighted by molar-refractivity contribution is 5.07. The average Bonchev–Trinajstić information content (AvgIpc) is 2.71. The Kier molecular flexibility index (Phi) is 2.60. The molecule has 1 aliphatic rings. The van der Waals surface area contributed by atoms with Gasteiger partial charge in [0.15, 0.2) is 5.82 Å². The van der Waals surface area contributed by atoms with Gasteiger partial charge in [-0.25, -0.2) is 0 Å². The van der Waals surface area contributed by atoms with Gasteiger partial charge in [-0.2, -0.15) is 4.98 Å². The minimum absolute atomic E-state index is 0.389. The fourth-order valence-corrected chi connectivity index (χ4v) is 2.05. The predicted molar refractivity (Wildman–Crippen MR) is 61.3 cm³/mol. The molecule has 2 aromatic rings. The largest absolute Gasteiger partial charge is 0.339 e. The summed E-state index contributed by atoms with van der Waals surface area (Å²) in [6, 6.07) is 5.99. The van der Waals surface area contributed by atoms with E-state index in [4.69, 9.17) is 4.52 Å². The first kappa shape index (κ1) is 10.4. The van der Waals surface area contributed by atoms with E-state index in [-0.39, 0.29) is 0 Å². The van der Waals surface area contributed by atoms with Gasteiger partial charge in [-0.05, 0) is 19.1 Å². The summed E-state index contributed by atoms with van der Waals surface area (Å²) in [5.41, 5.74) is 1.10.